The standard InChI is InChI=1S/C22H22F3N3O2S/c1-15-4-3-5-16(12-15)13-28-20-10-11-27(31(2,29)30)14-19(20)21(26-28)17-6-8-18(9-7-17)22(23,24)25/h3-9,12H,10-11,13-14H2,1-2H3. The van der Waals surface area contributed by atoms with E-state index in [4.69, 9.17) is 5.10 Å². The van der Waals surface area contributed by atoms with E-state index in [9.17, 15) is 21.6 Å². The van der Waals surface area contributed by atoms with E-state index in [0.29, 0.717) is 30.8 Å². The predicted octanol–water partition coefficient (Wildman–Crippen LogP) is 4.24. The Balaban J connectivity index is 1.78. The highest BCUT2D eigenvalue weighted by atomic mass is 32.2. The van der Waals surface area contributed by atoms with Crippen LogP contribution in [0, 0.1) is 6.92 Å². The number of aryl methyl sites for hydroxylation is 1. The summed E-state index contributed by atoms with van der Waals surface area (Å²) in [5, 5.41) is 4.71. The Kier molecular flexibility index (Phi) is 5.43. The number of halogens is 3. The zero-order valence-corrected chi connectivity index (χ0v) is 18.0. The van der Waals surface area contributed by atoms with Crippen molar-refractivity contribution in [3.63, 3.8) is 0 Å². The van der Waals surface area contributed by atoms with E-state index in [2.05, 4.69) is 6.07 Å². The van der Waals surface area contributed by atoms with Gasteiger partial charge in [0.05, 0.1) is 24.1 Å². The van der Waals surface area contributed by atoms with Gasteiger partial charge < -0.3 is 0 Å². The Morgan fingerprint density at radius 1 is 1.10 bits per heavy atom. The second kappa shape index (κ2) is 7.80. The number of alkyl halides is 3. The first kappa shape index (κ1) is 21.6. The molecule has 164 valence electrons. The number of rotatable bonds is 4. The van der Waals surface area contributed by atoms with Gasteiger partial charge in [0.2, 0.25) is 10.0 Å². The number of hydrogen-bond donors (Lipinski definition) is 0. The van der Waals surface area contributed by atoms with E-state index >= 15 is 0 Å². The highest BCUT2D eigenvalue weighted by Gasteiger charge is 2.32. The average molecular weight is 449 g/mol. The van der Waals surface area contributed by atoms with Gasteiger partial charge in [0.1, 0.15) is 0 Å². The highest BCUT2D eigenvalue weighted by molar-refractivity contribution is 7.88. The van der Waals surface area contributed by atoms with Gasteiger partial charge in [-0.05, 0) is 24.6 Å². The summed E-state index contributed by atoms with van der Waals surface area (Å²) in [5.41, 5.74) is 4.13. The van der Waals surface area contributed by atoms with Crippen molar-refractivity contribution in [2.45, 2.75) is 32.6 Å². The molecule has 0 aliphatic carbocycles. The number of aromatic nitrogens is 2. The van der Waals surface area contributed by atoms with Gasteiger partial charge in [-0.3, -0.25) is 4.68 Å². The normalized spacial score (nSPS) is 15.1. The van der Waals surface area contributed by atoms with E-state index in [1.54, 1.807) is 0 Å². The van der Waals surface area contributed by atoms with Crippen LogP contribution in [0.1, 0.15) is 27.9 Å². The van der Waals surface area contributed by atoms with Gasteiger partial charge in [-0.1, -0.05) is 42.0 Å². The first-order chi connectivity index (χ1) is 14.5. The van der Waals surface area contributed by atoms with Crippen LogP contribution in [-0.2, 0) is 35.7 Å². The molecular formula is C22H22F3N3O2S. The van der Waals surface area contributed by atoms with E-state index in [0.717, 1.165) is 40.8 Å². The Morgan fingerprint density at radius 3 is 2.42 bits per heavy atom. The van der Waals surface area contributed by atoms with Gasteiger partial charge in [0.25, 0.3) is 0 Å². The molecule has 1 aliphatic rings. The number of nitrogens with zero attached hydrogens (tertiary/aromatic N) is 3. The fourth-order valence-corrected chi connectivity index (χ4v) is 4.70. The van der Waals surface area contributed by atoms with Crippen LogP contribution in [0.3, 0.4) is 0 Å². The molecule has 1 aromatic heterocycles. The summed E-state index contributed by atoms with van der Waals surface area (Å²) in [6.45, 7) is 3.00. The van der Waals surface area contributed by atoms with Crippen LogP contribution in [0.5, 0.6) is 0 Å². The van der Waals surface area contributed by atoms with E-state index in [1.165, 1.54) is 16.4 Å². The van der Waals surface area contributed by atoms with Crippen LogP contribution in [0.4, 0.5) is 13.2 Å². The summed E-state index contributed by atoms with van der Waals surface area (Å²) >= 11 is 0. The molecule has 4 rings (SSSR count). The summed E-state index contributed by atoms with van der Waals surface area (Å²) in [5.74, 6) is 0. The summed E-state index contributed by atoms with van der Waals surface area (Å²) in [6, 6.07) is 12.8. The molecule has 0 fully saturated rings. The summed E-state index contributed by atoms with van der Waals surface area (Å²) in [6.07, 6.45) is -2.77. The number of hydrogen-bond acceptors (Lipinski definition) is 3. The van der Waals surface area contributed by atoms with E-state index in [1.807, 2.05) is 29.8 Å². The second-order valence-corrected chi connectivity index (χ2v) is 9.82. The summed E-state index contributed by atoms with van der Waals surface area (Å²) in [4.78, 5) is 0. The Hall–Kier alpha value is -2.65. The third-order valence-corrected chi connectivity index (χ3v) is 6.72. The molecule has 0 unspecified atom stereocenters. The van der Waals surface area contributed by atoms with Crippen molar-refractivity contribution in [3.05, 3.63) is 76.5 Å². The lowest BCUT2D eigenvalue weighted by atomic mass is 10.0. The molecule has 0 radical (unpaired) electrons. The molecule has 0 saturated heterocycles. The third kappa shape index (κ3) is 4.52. The van der Waals surface area contributed by atoms with Crippen LogP contribution < -0.4 is 0 Å². The lowest BCUT2D eigenvalue weighted by Crippen LogP contribution is -2.35. The zero-order chi connectivity index (χ0) is 22.4. The largest absolute Gasteiger partial charge is 0.416 e. The van der Waals surface area contributed by atoms with Crippen molar-refractivity contribution in [1.29, 1.82) is 0 Å². The van der Waals surface area contributed by atoms with Crippen molar-refractivity contribution in [2.75, 3.05) is 12.8 Å². The lowest BCUT2D eigenvalue weighted by Gasteiger charge is -2.25. The predicted molar refractivity (Wildman–Crippen MR) is 112 cm³/mol. The minimum absolute atomic E-state index is 0.151. The number of fused-ring (bicyclic) bond motifs is 1. The maximum Gasteiger partial charge on any atom is 0.416 e. The van der Waals surface area contributed by atoms with Gasteiger partial charge in [-0.25, -0.2) is 8.42 Å². The topological polar surface area (TPSA) is 55.2 Å². The highest BCUT2D eigenvalue weighted by Crippen LogP contribution is 2.34. The van der Waals surface area contributed by atoms with Gasteiger partial charge in [0.15, 0.2) is 0 Å². The van der Waals surface area contributed by atoms with Crippen molar-refractivity contribution in [1.82, 2.24) is 14.1 Å². The molecule has 0 atom stereocenters. The molecule has 2 heterocycles. The molecular weight excluding hydrogens is 427 g/mol. The second-order valence-electron chi connectivity index (χ2n) is 7.84. The van der Waals surface area contributed by atoms with Gasteiger partial charge in [-0.2, -0.15) is 22.6 Å². The maximum absolute atomic E-state index is 13.0. The van der Waals surface area contributed by atoms with Crippen LogP contribution in [0.15, 0.2) is 48.5 Å². The van der Waals surface area contributed by atoms with Crippen LogP contribution >= 0.6 is 0 Å². The Morgan fingerprint density at radius 2 is 1.81 bits per heavy atom. The molecule has 31 heavy (non-hydrogen) atoms. The molecule has 1 aliphatic heterocycles. The first-order valence-electron chi connectivity index (χ1n) is 9.79. The zero-order valence-electron chi connectivity index (χ0n) is 17.1. The fraction of sp³-hybridized carbons (Fsp3) is 0.318. The van der Waals surface area contributed by atoms with Crippen LogP contribution in [-0.4, -0.2) is 35.3 Å². The van der Waals surface area contributed by atoms with E-state index in [-0.39, 0.29) is 6.54 Å². The van der Waals surface area contributed by atoms with Gasteiger partial charge in [0, 0.05) is 36.3 Å². The van der Waals surface area contributed by atoms with Crippen LogP contribution in [0.25, 0.3) is 11.3 Å². The molecule has 3 aromatic rings. The maximum atomic E-state index is 13.0. The minimum atomic E-state index is -4.42. The molecule has 9 heteroatoms. The molecule has 0 N–H and O–H groups in total. The Bertz CT molecular complexity index is 1220. The third-order valence-electron chi connectivity index (χ3n) is 5.47. The molecule has 0 amide bonds. The number of sulfonamides is 1. The minimum Gasteiger partial charge on any atom is -0.264 e. The van der Waals surface area contributed by atoms with Crippen molar-refractivity contribution in [2.24, 2.45) is 0 Å². The quantitative estimate of drug-likeness (QED) is 0.599. The van der Waals surface area contributed by atoms with Crippen molar-refractivity contribution < 1.29 is 21.6 Å². The van der Waals surface area contributed by atoms with Gasteiger partial charge in [-0.15, -0.1) is 0 Å². The molecule has 0 spiro atoms. The first-order valence-corrected chi connectivity index (χ1v) is 11.6. The van der Waals surface area contributed by atoms with Crippen LogP contribution in [0.2, 0.25) is 0 Å². The number of benzene rings is 2. The van der Waals surface area contributed by atoms with Gasteiger partial charge >= 0.3 is 6.18 Å². The average Bonchev–Trinajstić information content (AvgIpc) is 3.04. The molecule has 0 bridgehead atoms. The lowest BCUT2D eigenvalue weighted by molar-refractivity contribution is -0.137. The van der Waals surface area contributed by atoms with E-state index < -0.39 is 21.8 Å². The molecule has 5 nitrogen and oxygen atoms in total. The van der Waals surface area contributed by atoms with Crippen molar-refractivity contribution >= 4 is 10.0 Å². The monoisotopic (exact) mass is 449 g/mol. The fourth-order valence-electron chi connectivity index (χ4n) is 3.91. The Labute approximate surface area is 179 Å². The summed E-state index contributed by atoms with van der Waals surface area (Å²) in [7, 11) is -3.40. The van der Waals surface area contributed by atoms with Crippen molar-refractivity contribution in [3.8, 4) is 11.3 Å². The smallest absolute Gasteiger partial charge is 0.264 e. The molecule has 0 saturated carbocycles. The SMILES string of the molecule is Cc1cccc(Cn2nc(-c3ccc(C(F)(F)F)cc3)c3c2CCN(S(C)(=O)=O)C3)c1. The summed E-state index contributed by atoms with van der Waals surface area (Å²) < 4.78 is 66.3. The molecule has 2 aromatic carbocycles.